The number of nitrogens with one attached hydrogen (secondary N) is 1. The number of guanidine groups is 1. The zero-order valence-corrected chi connectivity index (χ0v) is 17.8. The van der Waals surface area contributed by atoms with Crippen LogP contribution in [0.3, 0.4) is 0 Å². The molecule has 0 saturated carbocycles. The van der Waals surface area contributed by atoms with Gasteiger partial charge in [0.1, 0.15) is 17.2 Å². The van der Waals surface area contributed by atoms with Crippen molar-refractivity contribution in [3.63, 3.8) is 0 Å². The van der Waals surface area contributed by atoms with Crippen molar-refractivity contribution in [1.82, 2.24) is 9.62 Å². The first-order valence-corrected chi connectivity index (χ1v) is 10.3. The Hall–Kier alpha value is -1.75. The van der Waals surface area contributed by atoms with Crippen LogP contribution in [0.4, 0.5) is 13.6 Å². The Labute approximate surface area is 165 Å². The fraction of sp³-hybridized carbons (Fsp3) is 0.500. The van der Waals surface area contributed by atoms with Crippen LogP contribution in [0.5, 0.6) is 0 Å². The minimum Gasteiger partial charge on any atom is -0.442 e. The van der Waals surface area contributed by atoms with E-state index >= 15 is 0 Å². The van der Waals surface area contributed by atoms with Crippen LogP contribution >= 0.6 is 15.9 Å². The predicted octanol–water partition coefficient (Wildman–Crippen LogP) is 3.10. The van der Waals surface area contributed by atoms with E-state index in [1.807, 2.05) is 0 Å². The molecule has 1 heterocycles. The normalized spacial score (nSPS) is 23.9. The molecule has 0 bridgehead atoms. The van der Waals surface area contributed by atoms with E-state index in [4.69, 9.17) is 4.74 Å². The van der Waals surface area contributed by atoms with Gasteiger partial charge in [-0.3, -0.25) is 0 Å². The number of carbonyl (C=O) groups excluding carboxylic acids is 1. The van der Waals surface area contributed by atoms with E-state index in [-0.39, 0.29) is 16.0 Å². The van der Waals surface area contributed by atoms with Crippen LogP contribution in [-0.4, -0.2) is 43.2 Å². The molecule has 1 unspecified atom stereocenters. The molecule has 1 amide bonds. The molecule has 0 aromatic heterocycles. The molecule has 1 N–H and O–H groups in total. The molecule has 0 aliphatic carbocycles. The first-order valence-electron chi connectivity index (χ1n) is 7.86. The summed E-state index contributed by atoms with van der Waals surface area (Å²) in [4.78, 5) is 15.7. The molecule has 0 spiro atoms. The summed E-state index contributed by atoms with van der Waals surface area (Å²) in [6.45, 7) is 6.32. The maximum absolute atomic E-state index is 14.4. The third-order valence-corrected chi connectivity index (χ3v) is 6.33. The highest BCUT2D eigenvalue weighted by Gasteiger charge is 2.44. The summed E-state index contributed by atoms with van der Waals surface area (Å²) < 4.78 is 58.9. The van der Waals surface area contributed by atoms with Gasteiger partial charge in [0.05, 0.1) is 15.8 Å². The van der Waals surface area contributed by atoms with Crippen LogP contribution in [0.2, 0.25) is 0 Å². The fourth-order valence-electron chi connectivity index (χ4n) is 2.52. The van der Waals surface area contributed by atoms with Crippen LogP contribution in [0, 0.1) is 11.6 Å². The molecule has 1 fully saturated rings. The van der Waals surface area contributed by atoms with Crippen LogP contribution in [0.25, 0.3) is 0 Å². The van der Waals surface area contributed by atoms with Gasteiger partial charge in [-0.1, -0.05) is 0 Å². The molecule has 1 aromatic rings. The topological polar surface area (TPSA) is 88.1 Å². The zero-order chi connectivity index (χ0) is 20.8. The smallest absolute Gasteiger partial charge is 0.437 e. The van der Waals surface area contributed by atoms with E-state index in [0.717, 1.165) is 10.4 Å². The summed E-state index contributed by atoms with van der Waals surface area (Å²) in [7, 11) is -2.73. The average Bonchev–Trinajstić information content (AvgIpc) is 2.45. The van der Waals surface area contributed by atoms with Crippen LogP contribution in [0.15, 0.2) is 21.6 Å². The first-order chi connectivity index (χ1) is 12.1. The van der Waals surface area contributed by atoms with Gasteiger partial charge in [0.15, 0.2) is 0 Å². The molecule has 1 aliphatic heterocycles. The Morgan fingerprint density at radius 3 is 2.48 bits per heavy atom. The van der Waals surface area contributed by atoms with Crippen LogP contribution in [0.1, 0.15) is 33.3 Å². The van der Waals surface area contributed by atoms with Gasteiger partial charge in [-0.05, 0) is 49.7 Å². The van der Waals surface area contributed by atoms with Crippen molar-refractivity contribution in [3.8, 4) is 0 Å². The molecule has 1 aromatic carbocycles. The number of nitrogens with zero attached hydrogens (tertiary/aromatic N) is 2. The first kappa shape index (κ1) is 21.5. The molecule has 1 aliphatic rings. The summed E-state index contributed by atoms with van der Waals surface area (Å²) in [6, 6.07) is 1.81. The van der Waals surface area contributed by atoms with Crippen molar-refractivity contribution in [2.75, 3.05) is 12.8 Å². The highest BCUT2D eigenvalue weighted by atomic mass is 79.9. The Morgan fingerprint density at radius 2 is 1.93 bits per heavy atom. The number of ether oxygens (including phenoxy) is 1. The lowest BCUT2D eigenvalue weighted by Gasteiger charge is -2.40. The number of sulfonamides is 1. The Kier molecular flexibility index (Phi) is 5.59. The van der Waals surface area contributed by atoms with Crippen molar-refractivity contribution in [2.45, 2.75) is 38.8 Å². The maximum Gasteiger partial charge on any atom is 0.437 e. The number of hydrogen-bond donors (Lipinski definition) is 1. The Balaban J connectivity index is 2.51. The SMILES string of the molecule is CN1/C(=N\C(=O)OC(C)(C)C)NC(C)(c2cc(Br)c(F)cc2F)CS1(=O)=O. The highest BCUT2D eigenvalue weighted by Crippen LogP contribution is 2.32. The third kappa shape index (κ3) is 4.75. The van der Waals surface area contributed by atoms with Crippen LogP contribution < -0.4 is 5.32 Å². The quantitative estimate of drug-likeness (QED) is 0.641. The number of benzene rings is 1. The molecular weight excluding hydrogens is 448 g/mol. The van der Waals surface area contributed by atoms with Crippen molar-refractivity contribution >= 4 is 38.0 Å². The van der Waals surface area contributed by atoms with Crippen molar-refractivity contribution in [1.29, 1.82) is 0 Å². The average molecular weight is 468 g/mol. The number of hydrogen-bond acceptors (Lipinski definition) is 4. The van der Waals surface area contributed by atoms with Crippen LogP contribution in [-0.2, 0) is 20.3 Å². The predicted molar refractivity (Wildman–Crippen MR) is 99.8 cm³/mol. The monoisotopic (exact) mass is 467 g/mol. The lowest BCUT2D eigenvalue weighted by Crippen LogP contribution is -2.61. The second kappa shape index (κ2) is 7.01. The fourth-order valence-corrected chi connectivity index (χ4v) is 4.36. The van der Waals surface area contributed by atoms with E-state index in [9.17, 15) is 22.0 Å². The summed E-state index contributed by atoms with van der Waals surface area (Å²) in [5.41, 5.74) is -2.42. The van der Waals surface area contributed by atoms with Crippen molar-refractivity contribution in [3.05, 3.63) is 33.8 Å². The van der Waals surface area contributed by atoms with Gasteiger partial charge in [0.2, 0.25) is 16.0 Å². The molecule has 27 heavy (non-hydrogen) atoms. The second-order valence-corrected chi connectivity index (χ2v) is 10.2. The van der Waals surface area contributed by atoms with E-state index in [2.05, 4.69) is 26.2 Å². The molecular formula is C16H20BrF2N3O4S. The van der Waals surface area contributed by atoms with E-state index in [1.165, 1.54) is 14.0 Å². The number of aliphatic imine (C=N–C) groups is 1. The maximum atomic E-state index is 14.4. The van der Waals surface area contributed by atoms with Gasteiger partial charge in [0, 0.05) is 18.7 Å². The van der Waals surface area contributed by atoms with Gasteiger partial charge in [0.25, 0.3) is 0 Å². The highest BCUT2D eigenvalue weighted by molar-refractivity contribution is 9.10. The Bertz CT molecular complexity index is 915. The second-order valence-electron chi connectivity index (χ2n) is 7.34. The van der Waals surface area contributed by atoms with E-state index in [0.29, 0.717) is 6.07 Å². The lowest BCUT2D eigenvalue weighted by atomic mass is 9.93. The van der Waals surface area contributed by atoms with Gasteiger partial charge >= 0.3 is 6.09 Å². The van der Waals surface area contributed by atoms with E-state index < -0.39 is 44.6 Å². The van der Waals surface area contributed by atoms with E-state index in [1.54, 1.807) is 20.8 Å². The summed E-state index contributed by atoms with van der Waals surface area (Å²) in [5.74, 6) is -2.60. The van der Waals surface area contributed by atoms with Gasteiger partial charge < -0.3 is 10.1 Å². The summed E-state index contributed by atoms with van der Waals surface area (Å²) in [5, 5.41) is 2.77. The van der Waals surface area contributed by atoms with Gasteiger partial charge in [-0.25, -0.2) is 26.3 Å². The van der Waals surface area contributed by atoms with Gasteiger partial charge in [-0.2, -0.15) is 0 Å². The number of carbonyl (C=O) groups is 1. The number of halogens is 3. The standard InChI is InChI=1S/C16H20BrF2N3O4S/c1-15(2,3)26-14(23)20-13-21-16(4,8-27(24,25)22(13)5)9-6-10(17)12(19)7-11(9)18/h6-7H,8H2,1-5H3,(H,20,21,23). The molecule has 0 radical (unpaired) electrons. The largest absolute Gasteiger partial charge is 0.442 e. The molecule has 2 rings (SSSR count). The van der Waals surface area contributed by atoms with Crippen molar-refractivity contribution < 1.29 is 26.7 Å². The molecule has 150 valence electrons. The van der Waals surface area contributed by atoms with Gasteiger partial charge in [-0.15, -0.1) is 4.99 Å². The summed E-state index contributed by atoms with van der Waals surface area (Å²) in [6.07, 6.45) is -1.00. The Morgan fingerprint density at radius 1 is 1.33 bits per heavy atom. The molecule has 1 atom stereocenters. The minimum atomic E-state index is -3.94. The lowest BCUT2D eigenvalue weighted by molar-refractivity contribution is 0.0602. The minimum absolute atomic E-state index is 0.0242. The number of amides is 1. The third-order valence-electron chi connectivity index (χ3n) is 3.77. The van der Waals surface area contributed by atoms with Crippen molar-refractivity contribution in [2.24, 2.45) is 4.99 Å². The summed E-state index contributed by atoms with van der Waals surface area (Å²) >= 11 is 2.97. The molecule has 7 nitrogen and oxygen atoms in total. The zero-order valence-electron chi connectivity index (χ0n) is 15.4. The molecule has 1 saturated heterocycles. The molecule has 11 heteroatoms. The number of rotatable bonds is 1.